The molecular weight excluding hydrogens is 429 g/mol. The lowest BCUT2D eigenvalue weighted by Gasteiger charge is -2.29. The van der Waals surface area contributed by atoms with Gasteiger partial charge in [0.2, 0.25) is 0 Å². The largest absolute Gasteiger partial charge is 0.344 e. The third kappa shape index (κ3) is 9.61. The maximum absolute atomic E-state index is 11.5. The number of anilines is 1. The van der Waals surface area contributed by atoms with E-state index in [1.165, 1.54) is 0 Å². The second-order valence-corrected chi connectivity index (χ2v) is 8.93. The molecule has 1 aromatic carbocycles. The lowest BCUT2D eigenvalue weighted by Crippen LogP contribution is -2.44. The van der Waals surface area contributed by atoms with Crippen LogP contribution in [-0.4, -0.2) is 31.4 Å². The molecule has 2 atom stereocenters. The smallest absolute Gasteiger partial charge is 0.124 e. The van der Waals surface area contributed by atoms with E-state index in [-0.39, 0.29) is 12.0 Å². The van der Waals surface area contributed by atoms with E-state index in [1.54, 1.807) is 0 Å². The molecule has 1 aromatic rings. The van der Waals surface area contributed by atoms with E-state index < -0.39 is 0 Å². The predicted molar refractivity (Wildman–Crippen MR) is 136 cm³/mol. The number of carbonyl (C=O) groups excluding carboxylic acids is 1. The molecule has 1 N–H and O–H groups in total. The van der Waals surface area contributed by atoms with E-state index in [0.29, 0.717) is 16.6 Å². The van der Waals surface area contributed by atoms with Gasteiger partial charge in [-0.15, -0.1) is 0 Å². The number of aldehydes is 1. The molecule has 0 saturated heterocycles. The molecule has 0 saturated carbocycles. The zero-order valence-electron chi connectivity index (χ0n) is 19.7. The minimum absolute atomic E-state index is 0.00423. The van der Waals surface area contributed by atoms with Gasteiger partial charge in [-0.25, -0.2) is 5.01 Å². The predicted octanol–water partition coefficient (Wildman–Crippen LogP) is 6.71. The fourth-order valence-electron chi connectivity index (χ4n) is 3.39. The Morgan fingerprint density at radius 3 is 2.55 bits per heavy atom. The second kappa shape index (κ2) is 14.5. The van der Waals surface area contributed by atoms with E-state index in [1.807, 2.05) is 75.5 Å². The second-order valence-electron chi connectivity index (χ2n) is 7.89. The summed E-state index contributed by atoms with van der Waals surface area (Å²) < 4.78 is 0. The molecule has 172 valence electrons. The summed E-state index contributed by atoms with van der Waals surface area (Å²) in [5.74, 6) is 0.00423. The zero-order valence-corrected chi connectivity index (χ0v) is 21.2. The quantitative estimate of drug-likeness (QED) is 0.199. The summed E-state index contributed by atoms with van der Waals surface area (Å²) in [4.78, 5) is 13.6. The Kier molecular flexibility index (Phi) is 12.8. The third-order valence-corrected chi connectivity index (χ3v) is 5.52. The van der Waals surface area contributed by atoms with Gasteiger partial charge in [-0.1, -0.05) is 55.1 Å². The molecule has 0 spiro atoms. The normalized spacial score (nSPS) is 14.9. The standard InChI is InChI=1S/C25H37Cl2N3O/c1-7-9-11-22(18-31)20(4)28-29(5)17-21-13-14-23(27)16-25(21)30(6)24(10-8-2)15-12-19(3)26/h8,10,12-16,18,20,22,28H,7,9,11,17H2,1-6H3/b10-8-,19-12+,24-15+. The number of allylic oxidation sites excluding steroid dienone is 5. The lowest BCUT2D eigenvalue weighted by molar-refractivity contribution is -0.112. The summed E-state index contributed by atoms with van der Waals surface area (Å²) in [7, 11) is 4.01. The first-order valence-electron chi connectivity index (χ1n) is 10.8. The van der Waals surface area contributed by atoms with Crippen molar-refractivity contribution in [3.8, 4) is 0 Å². The molecule has 0 aliphatic heterocycles. The molecule has 2 unspecified atom stereocenters. The third-order valence-electron chi connectivity index (χ3n) is 5.16. The van der Waals surface area contributed by atoms with Crippen LogP contribution in [0.5, 0.6) is 0 Å². The molecule has 1 rings (SSSR count). The number of nitrogens with zero attached hydrogens (tertiary/aromatic N) is 2. The van der Waals surface area contributed by atoms with Crippen LogP contribution in [0.1, 0.15) is 52.5 Å². The number of hydrogen-bond donors (Lipinski definition) is 1. The first-order chi connectivity index (χ1) is 14.7. The van der Waals surface area contributed by atoms with E-state index in [0.717, 1.165) is 42.5 Å². The molecule has 6 heteroatoms. The van der Waals surface area contributed by atoms with Crippen LogP contribution in [0.4, 0.5) is 5.69 Å². The van der Waals surface area contributed by atoms with Gasteiger partial charge < -0.3 is 9.69 Å². The average Bonchev–Trinajstić information content (AvgIpc) is 2.72. The Hall–Kier alpha value is -1.59. The number of likely N-dealkylation sites (N-methyl/N-ethyl adjacent to an activating group) is 1. The van der Waals surface area contributed by atoms with Crippen molar-refractivity contribution >= 4 is 35.2 Å². The van der Waals surface area contributed by atoms with Crippen molar-refractivity contribution in [2.45, 2.75) is 59.5 Å². The van der Waals surface area contributed by atoms with Crippen LogP contribution in [0.25, 0.3) is 0 Å². The maximum Gasteiger partial charge on any atom is 0.124 e. The molecule has 0 aliphatic carbocycles. The van der Waals surface area contributed by atoms with Crippen LogP contribution in [0.3, 0.4) is 0 Å². The Morgan fingerprint density at radius 1 is 1.26 bits per heavy atom. The van der Waals surface area contributed by atoms with Crippen LogP contribution in [-0.2, 0) is 11.3 Å². The van der Waals surface area contributed by atoms with Gasteiger partial charge >= 0.3 is 0 Å². The maximum atomic E-state index is 11.5. The van der Waals surface area contributed by atoms with Crippen molar-refractivity contribution in [3.05, 3.63) is 63.8 Å². The molecule has 0 aliphatic rings. The average molecular weight is 466 g/mol. The molecule has 31 heavy (non-hydrogen) atoms. The van der Waals surface area contributed by atoms with Gasteiger partial charge in [-0.3, -0.25) is 5.43 Å². The summed E-state index contributed by atoms with van der Waals surface area (Å²) >= 11 is 12.4. The van der Waals surface area contributed by atoms with Gasteiger partial charge in [-0.05, 0) is 63.1 Å². The molecule has 4 nitrogen and oxygen atoms in total. The minimum atomic E-state index is 0.00423. The SMILES string of the molecule is C\C=C/C(=C\C=C(/C)Cl)N(C)c1cc(Cl)ccc1CN(C)NC(C)C(C=O)CCCC. The van der Waals surface area contributed by atoms with Crippen molar-refractivity contribution in [1.82, 2.24) is 10.4 Å². The highest BCUT2D eigenvalue weighted by Gasteiger charge is 2.18. The minimum Gasteiger partial charge on any atom is -0.344 e. The number of hydrazine groups is 1. The summed E-state index contributed by atoms with van der Waals surface area (Å²) in [6, 6.07) is 5.99. The number of halogens is 2. The number of carbonyl (C=O) groups is 1. The van der Waals surface area contributed by atoms with Crippen LogP contribution < -0.4 is 10.3 Å². The Balaban J connectivity index is 3.08. The molecule has 0 radical (unpaired) electrons. The molecule has 0 fully saturated rings. The van der Waals surface area contributed by atoms with E-state index in [2.05, 4.69) is 24.2 Å². The van der Waals surface area contributed by atoms with Crippen molar-refractivity contribution in [2.24, 2.45) is 5.92 Å². The van der Waals surface area contributed by atoms with Crippen LogP contribution in [0.2, 0.25) is 5.02 Å². The van der Waals surface area contributed by atoms with Crippen LogP contribution in [0, 0.1) is 5.92 Å². The fourth-order valence-corrected chi connectivity index (χ4v) is 3.62. The summed E-state index contributed by atoms with van der Waals surface area (Å²) in [5, 5.41) is 3.43. The van der Waals surface area contributed by atoms with Crippen molar-refractivity contribution in [1.29, 1.82) is 0 Å². The van der Waals surface area contributed by atoms with E-state index in [4.69, 9.17) is 23.2 Å². The molecular formula is C25H37Cl2N3O. The monoisotopic (exact) mass is 465 g/mol. The van der Waals surface area contributed by atoms with Gasteiger partial charge in [0.05, 0.1) is 0 Å². The molecule has 0 bridgehead atoms. The zero-order chi connectivity index (χ0) is 23.4. The van der Waals surface area contributed by atoms with Crippen molar-refractivity contribution < 1.29 is 4.79 Å². The first-order valence-corrected chi connectivity index (χ1v) is 11.6. The Bertz CT molecular complexity index is 785. The Labute approximate surface area is 198 Å². The van der Waals surface area contributed by atoms with E-state index in [9.17, 15) is 4.79 Å². The van der Waals surface area contributed by atoms with Crippen molar-refractivity contribution in [2.75, 3.05) is 19.0 Å². The van der Waals surface area contributed by atoms with Gasteiger partial charge in [0.25, 0.3) is 0 Å². The Morgan fingerprint density at radius 2 is 1.97 bits per heavy atom. The highest BCUT2D eigenvalue weighted by atomic mass is 35.5. The number of unbranched alkanes of at least 4 members (excludes halogenated alkanes) is 1. The molecule has 0 heterocycles. The first kappa shape index (κ1) is 27.4. The number of benzene rings is 1. The highest BCUT2D eigenvalue weighted by Crippen LogP contribution is 2.28. The summed E-state index contributed by atoms with van der Waals surface area (Å²) in [6.45, 7) is 8.71. The summed E-state index contributed by atoms with van der Waals surface area (Å²) in [6.07, 6.45) is 12.0. The van der Waals surface area contributed by atoms with Gasteiger partial charge in [0.15, 0.2) is 0 Å². The van der Waals surface area contributed by atoms with Crippen LogP contribution >= 0.6 is 23.2 Å². The van der Waals surface area contributed by atoms with Gasteiger partial charge in [0, 0.05) is 54.0 Å². The molecule has 0 amide bonds. The van der Waals surface area contributed by atoms with Crippen molar-refractivity contribution in [3.63, 3.8) is 0 Å². The lowest BCUT2D eigenvalue weighted by atomic mass is 9.97. The number of hydrogen-bond acceptors (Lipinski definition) is 4. The van der Waals surface area contributed by atoms with Gasteiger partial charge in [-0.2, -0.15) is 0 Å². The summed E-state index contributed by atoms with van der Waals surface area (Å²) in [5.41, 5.74) is 6.58. The fraction of sp³-hybridized carbons (Fsp3) is 0.480. The number of nitrogens with one attached hydrogen (secondary N) is 1. The molecule has 0 aromatic heterocycles. The topological polar surface area (TPSA) is 35.6 Å². The highest BCUT2D eigenvalue weighted by molar-refractivity contribution is 6.31. The van der Waals surface area contributed by atoms with E-state index >= 15 is 0 Å². The van der Waals surface area contributed by atoms with Crippen LogP contribution in [0.15, 0.2) is 53.2 Å². The van der Waals surface area contributed by atoms with Gasteiger partial charge in [0.1, 0.15) is 6.29 Å². The number of rotatable bonds is 13.